The van der Waals surface area contributed by atoms with Gasteiger partial charge in [-0.2, -0.15) is 0 Å². The van der Waals surface area contributed by atoms with E-state index in [1.54, 1.807) is 0 Å². The lowest BCUT2D eigenvalue weighted by molar-refractivity contribution is -0.321. The highest BCUT2D eigenvalue weighted by Gasteiger charge is 2.70. The first kappa shape index (κ1) is 28.8. The summed E-state index contributed by atoms with van der Waals surface area (Å²) in [4.78, 5) is 24.9. The molecule has 0 radical (unpaired) electrons. The number of aliphatic carboxylic acids is 1. The Morgan fingerprint density at radius 2 is 1.69 bits per heavy atom. The first-order valence-corrected chi connectivity index (χ1v) is 16.5. The maximum absolute atomic E-state index is 12.9. The van der Waals surface area contributed by atoms with E-state index in [4.69, 9.17) is 13.9 Å². The van der Waals surface area contributed by atoms with Gasteiger partial charge in [-0.1, -0.05) is 53.2 Å². The van der Waals surface area contributed by atoms with Crippen LogP contribution in [0.1, 0.15) is 118 Å². The van der Waals surface area contributed by atoms with Crippen molar-refractivity contribution in [2.45, 2.75) is 118 Å². The molecule has 6 aliphatic rings. The van der Waals surface area contributed by atoms with E-state index in [-0.39, 0.29) is 44.5 Å². The van der Waals surface area contributed by atoms with Crippen molar-refractivity contribution in [2.75, 3.05) is 6.61 Å². The van der Waals surface area contributed by atoms with Gasteiger partial charge in [0.2, 0.25) is 6.29 Å². The number of carboxylic acid groups (broad SMARTS) is 1. The summed E-state index contributed by atoms with van der Waals surface area (Å²) in [7, 11) is 0. The molecule has 7 rings (SSSR count). The largest absolute Gasteiger partial charge is 0.481 e. The van der Waals surface area contributed by atoms with E-state index in [2.05, 4.69) is 47.6 Å². The topological polar surface area (TPSA) is 86.0 Å². The molecule has 6 nitrogen and oxygen atoms in total. The standard InChI is InChI=1S/C36H50O6/c1-31(2)14-16-36(30(38)39)17-15-34(5)23(24(36)20-31)7-8-27-32(3)12-10-28-33(4,26(32)9-13-35(27,34)6)21-41-29(42-28)25-19-22(37)11-18-40-25/h7,11,18-19,24,26-29H,8-10,12-17,20-21H2,1-6H3,(H,38,39)/t24-,26+,27+,28-,29?,32-,33-,34+,35+,36-/m0/s1. The van der Waals surface area contributed by atoms with Crippen LogP contribution in [0.25, 0.3) is 0 Å². The lowest BCUT2D eigenvalue weighted by Gasteiger charge is -2.71. The van der Waals surface area contributed by atoms with Crippen LogP contribution in [-0.4, -0.2) is 23.8 Å². The molecule has 42 heavy (non-hydrogen) atoms. The fourth-order valence-electron chi connectivity index (χ4n) is 12.0. The zero-order valence-corrected chi connectivity index (χ0v) is 26.5. The van der Waals surface area contributed by atoms with E-state index in [0.717, 1.165) is 64.2 Å². The molecule has 0 bridgehead atoms. The Bertz CT molecular complexity index is 1380. The van der Waals surface area contributed by atoms with Crippen LogP contribution in [0.2, 0.25) is 0 Å². The minimum absolute atomic E-state index is 0.0220. The first-order valence-electron chi connectivity index (χ1n) is 16.5. The molecule has 1 unspecified atom stereocenters. The zero-order chi connectivity index (χ0) is 29.9. The van der Waals surface area contributed by atoms with Gasteiger partial charge in [-0.25, -0.2) is 0 Å². The molecule has 0 spiro atoms. The summed E-state index contributed by atoms with van der Waals surface area (Å²) in [5.41, 5.74) is 1.16. The normalized spacial score (nSPS) is 49.3. The van der Waals surface area contributed by atoms with Gasteiger partial charge in [0.1, 0.15) is 0 Å². The Morgan fingerprint density at radius 3 is 2.43 bits per heavy atom. The Morgan fingerprint density at radius 1 is 0.929 bits per heavy atom. The lowest BCUT2D eigenvalue weighted by Crippen LogP contribution is -2.66. The first-order chi connectivity index (χ1) is 19.7. The number of allylic oxidation sites excluding steroid dienone is 2. The second kappa shape index (κ2) is 9.06. The highest BCUT2D eigenvalue weighted by atomic mass is 16.7. The van der Waals surface area contributed by atoms with Gasteiger partial charge >= 0.3 is 5.97 Å². The van der Waals surface area contributed by atoms with Crippen LogP contribution in [0.3, 0.4) is 0 Å². The molecule has 2 heterocycles. The average Bonchev–Trinajstić information content (AvgIpc) is 2.92. The van der Waals surface area contributed by atoms with Crippen molar-refractivity contribution in [2.24, 2.45) is 50.2 Å². The number of rotatable bonds is 2. The predicted octanol–water partition coefficient (Wildman–Crippen LogP) is 7.92. The Hall–Kier alpha value is -1.92. The van der Waals surface area contributed by atoms with Crippen LogP contribution in [0.15, 0.2) is 39.3 Å². The van der Waals surface area contributed by atoms with E-state index < -0.39 is 17.7 Å². The third kappa shape index (κ3) is 3.69. The molecule has 5 aliphatic carbocycles. The predicted molar refractivity (Wildman–Crippen MR) is 160 cm³/mol. The third-order valence-electron chi connectivity index (χ3n) is 14.6. The van der Waals surface area contributed by atoms with Crippen molar-refractivity contribution in [3.63, 3.8) is 0 Å². The second-order valence-electron chi connectivity index (χ2n) is 16.9. The number of fused-ring (bicyclic) bond motifs is 9. The number of carbonyl (C=O) groups is 1. The Labute approximate surface area is 250 Å². The number of ether oxygens (including phenoxy) is 2. The van der Waals surface area contributed by atoms with Gasteiger partial charge in [-0.05, 0) is 104 Å². The molecule has 1 saturated heterocycles. The van der Waals surface area contributed by atoms with Crippen LogP contribution < -0.4 is 5.43 Å². The number of carboxylic acids is 1. The van der Waals surface area contributed by atoms with Gasteiger partial charge < -0.3 is 19.0 Å². The number of hydrogen-bond acceptors (Lipinski definition) is 5. The molecule has 1 N–H and O–H groups in total. The molecule has 5 fully saturated rings. The van der Waals surface area contributed by atoms with Crippen molar-refractivity contribution < 1.29 is 23.8 Å². The van der Waals surface area contributed by atoms with Gasteiger partial charge in [0.15, 0.2) is 11.2 Å². The summed E-state index contributed by atoms with van der Waals surface area (Å²) in [5, 5.41) is 10.6. The number of hydrogen-bond donors (Lipinski definition) is 1. The maximum Gasteiger partial charge on any atom is 0.310 e. The molecule has 0 aromatic carbocycles. The third-order valence-corrected chi connectivity index (χ3v) is 14.6. The highest BCUT2D eigenvalue weighted by molar-refractivity contribution is 5.76. The molecule has 1 aromatic rings. The monoisotopic (exact) mass is 578 g/mol. The van der Waals surface area contributed by atoms with Crippen LogP contribution in [0, 0.1) is 50.2 Å². The zero-order valence-electron chi connectivity index (χ0n) is 26.5. The highest BCUT2D eigenvalue weighted by Crippen LogP contribution is 2.76. The van der Waals surface area contributed by atoms with Gasteiger partial charge in [-0.15, -0.1) is 0 Å². The van der Waals surface area contributed by atoms with Crippen molar-refractivity contribution in [3.8, 4) is 0 Å². The van der Waals surface area contributed by atoms with Crippen LogP contribution in [0.4, 0.5) is 0 Å². The van der Waals surface area contributed by atoms with Gasteiger partial charge in [-0.3, -0.25) is 9.59 Å². The minimum Gasteiger partial charge on any atom is -0.481 e. The molecule has 4 saturated carbocycles. The smallest absolute Gasteiger partial charge is 0.310 e. The summed E-state index contributed by atoms with van der Waals surface area (Å²) in [6.45, 7) is 15.3. The van der Waals surface area contributed by atoms with E-state index in [1.807, 2.05) is 0 Å². The fraction of sp³-hybridized carbons (Fsp3) is 0.778. The van der Waals surface area contributed by atoms with Gasteiger partial charge in [0.05, 0.1) is 24.4 Å². The molecular weight excluding hydrogens is 528 g/mol. The maximum atomic E-state index is 12.9. The molecular formula is C36H50O6. The van der Waals surface area contributed by atoms with Crippen molar-refractivity contribution in [3.05, 3.63) is 46.0 Å². The lowest BCUT2D eigenvalue weighted by atomic mass is 9.33. The second-order valence-corrected chi connectivity index (χ2v) is 16.9. The average molecular weight is 579 g/mol. The van der Waals surface area contributed by atoms with E-state index in [1.165, 1.54) is 24.0 Å². The molecule has 10 atom stereocenters. The van der Waals surface area contributed by atoms with Crippen molar-refractivity contribution in [1.82, 2.24) is 0 Å². The summed E-state index contributed by atoms with van der Waals surface area (Å²) in [6, 6.07) is 2.89. The van der Waals surface area contributed by atoms with Gasteiger partial charge in [0.25, 0.3) is 0 Å². The molecule has 1 aliphatic heterocycles. The Kier molecular flexibility index (Phi) is 6.22. The summed E-state index contributed by atoms with van der Waals surface area (Å²) in [5.74, 6) is 1.04. The minimum atomic E-state index is -0.634. The quantitative estimate of drug-likeness (QED) is 0.359. The van der Waals surface area contributed by atoms with E-state index >= 15 is 0 Å². The van der Waals surface area contributed by atoms with Gasteiger partial charge in [0, 0.05) is 17.5 Å². The molecule has 6 heteroatoms. The van der Waals surface area contributed by atoms with Crippen LogP contribution >= 0.6 is 0 Å². The molecule has 1 aromatic heterocycles. The Balaban J connectivity index is 1.21. The summed E-state index contributed by atoms with van der Waals surface area (Å²) >= 11 is 0. The van der Waals surface area contributed by atoms with Crippen molar-refractivity contribution in [1.29, 1.82) is 0 Å². The summed E-state index contributed by atoms with van der Waals surface area (Å²) in [6.07, 6.45) is 13.4. The van der Waals surface area contributed by atoms with Crippen LogP contribution in [-0.2, 0) is 14.3 Å². The fourth-order valence-corrected chi connectivity index (χ4v) is 12.0. The SMILES string of the molecule is CC1(C)CC[C@]2(C(=O)O)CC[C@]3(C)C(=CC[C@@H]4[C@@]5(C)CC[C@@H]6OC(c7cc(=O)cco7)OC[C@@]6(C)[C@@H]5CC[C@]43C)[C@@H]2C1. The van der Waals surface area contributed by atoms with Crippen LogP contribution in [0.5, 0.6) is 0 Å². The van der Waals surface area contributed by atoms with E-state index in [0.29, 0.717) is 24.2 Å². The van der Waals surface area contributed by atoms with E-state index in [9.17, 15) is 14.7 Å². The van der Waals surface area contributed by atoms with Crippen molar-refractivity contribution >= 4 is 5.97 Å². The summed E-state index contributed by atoms with van der Waals surface area (Å²) < 4.78 is 18.5. The molecule has 230 valence electrons. The molecule has 0 amide bonds.